The predicted octanol–water partition coefficient (Wildman–Crippen LogP) is 0.479. The maximum Gasteiger partial charge on any atom is 0.245 e. The number of hydrogen-bond donors (Lipinski definition) is 2. The van der Waals surface area contributed by atoms with Crippen molar-refractivity contribution in [2.75, 3.05) is 7.11 Å². The van der Waals surface area contributed by atoms with Crippen LogP contribution in [0.25, 0.3) is 0 Å². The number of hydrogen-bond acceptors (Lipinski definition) is 6. The number of nitrogens with zero attached hydrogens (tertiary/aromatic N) is 1. The number of ether oxygens (including phenoxy) is 2. The van der Waals surface area contributed by atoms with E-state index < -0.39 is 11.9 Å². The number of carbonyl (C=O) groups is 1. The molecule has 96 valence electrons. The number of rotatable bonds is 5. The molecule has 0 aromatic heterocycles. The smallest absolute Gasteiger partial charge is 0.245 e. The van der Waals surface area contributed by atoms with Crippen LogP contribution in [-0.4, -0.2) is 35.5 Å². The van der Waals surface area contributed by atoms with Crippen molar-refractivity contribution in [2.24, 2.45) is 0 Å². The van der Waals surface area contributed by atoms with E-state index in [1.54, 1.807) is 0 Å². The number of aliphatic hydroxyl groups is 2. The highest BCUT2D eigenvalue weighted by atomic mass is 16.6. The number of benzene rings is 1. The Kier molecular flexibility index (Phi) is 4.26. The molecule has 1 rings (SSSR count). The zero-order chi connectivity index (χ0) is 13.8. The summed E-state index contributed by atoms with van der Waals surface area (Å²) in [5.74, 6) is -1.75. The van der Waals surface area contributed by atoms with Crippen LogP contribution in [0.15, 0.2) is 18.2 Å². The topological polar surface area (TPSA) is 99.8 Å². The van der Waals surface area contributed by atoms with Gasteiger partial charge in [-0.15, -0.1) is 0 Å². The third kappa shape index (κ3) is 2.97. The second-order valence-corrected chi connectivity index (χ2v) is 3.72. The van der Waals surface area contributed by atoms with Crippen molar-refractivity contribution in [3.63, 3.8) is 0 Å². The van der Waals surface area contributed by atoms with Gasteiger partial charge in [0.25, 0.3) is 0 Å². The molecule has 0 saturated carbocycles. The number of aliphatic hydroxyl groups excluding tert-OH is 1. The van der Waals surface area contributed by atoms with Crippen LogP contribution in [0.2, 0.25) is 0 Å². The van der Waals surface area contributed by atoms with Crippen molar-refractivity contribution < 1.29 is 24.5 Å². The van der Waals surface area contributed by atoms with Crippen molar-refractivity contribution in [1.82, 2.24) is 0 Å². The Morgan fingerprint density at radius 3 is 2.67 bits per heavy atom. The van der Waals surface area contributed by atoms with Crippen LogP contribution in [0.4, 0.5) is 0 Å². The molecule has 18 heavy (non-hydrogen) atoms. The van der Waals surface area contributed by atoms with E-state index >= 15 is 0 Å². The minimum Gasteiger partial charge on any atom is -0.493 e. The molecule has 2 atom stereocenters. The molecule has 0 heterocycles. The van der Waals surface area contributed by atoms with E-state index in [2.05, 4.69) is 0 Å². The second kappa shape index (κ2) is 5.49. The Balaban J connectivity index is 3.04. The Bertz CT molecular complexity index is 478. The first-order valence-electron chi connectivity index (χ1n) is 5.07. The SMILES string of the molecule is COc1cc(C=O)ccc1OC(C)(O)C(O)C#N. The van der Waals surface area contributed by atoms with Gasteiger partial charge in [0.15, 0.2) is 11.5 Å². The first-order valence-corrected chi connectivity index (χ1v) is 5.07. The molecule has 1 aromatic carbocycles. The van der Waals surface area contributed by atoms with Crippen molar-refractivity contribution in [3.8, 4) is 17.6 Å². The van der Waals surface area contributed by atoms with Gasteiger partial charge in [-0.25, -0.2) is 0 Å². The highest BCUT2D eigenvalue weighted by molar-refractivity contribution is 5.76. The highest BCUT2D eigenvalue weighted by Gasteiger charge is 2.33. The molecule has 0 aliphatic rings. The molecule has 0 spiro atoms. The summed E-state index contributed by atoms with van der Waals surface area (Å²) >= 11 is 0. The third-order valence-corrected chi connectivity index (χ3v) is 2.27. The van der Waals surface area contributed by atoms with Gasteiger partial charge in [0.1, 0.15) is 12.4 Å². The number of carbonyl (C=O) groups excluding carboxylic acids is 1. The monoisotopic (exact) mass is 251 g/mol. The summed E-state index contributed by atoms with van der Waals surface area (Å²) in [7, 11) is 1.37. The van der Waals surface area contributed by atoms with Crippen molar-refractivity contribution >= 4 is 6.29 Å². The van der Waals surface area contributed by atoms with Gasteiger partial charge in [-0.05, 0) is 18.2 Å². The molecule has 0 aliphatic heterocycles. The number of nitriles is 1. The maximum absolute atomic E-state index is 10.6. The van der Waals surface area contributed by atoms with Crippen molar-refractivity contribution in [2.45, 2.75) is 18.8 Å². The van der Waals surface area contributed by atoms with Crippen LogP contribution in [-0.2, 0) is 0 Å². The van der Waals surface area contributed by atoms with Gasteiger partial charge in [0, 0.05) is 12.5 Å². The standard InChI is InChI=1S/C12H13NO5/c1-12(16,11(15)6-13)18-9-4-3-8(7-14)5-10(9)17-2/h3-5,7,11,15-16H,1-2H3. The van der Waals surface area contributed by atoms with Crippen LogP contribution < -0.4 is 9.47 Å². The van der Waals surface area contributed by atoms with Gasteiger partial charge in [0.05, 0.1) is 7.11 Å². The molecule has 1 aromatic rings. The lowest BCUT2D eigenvalue weighted by molar-refractivity contribution is -0.175. The Labute approximate surface area is 104 Å². The fourth-order valence-electron chi connectivity index (χ4n) is 1.24. The summed E-state index contributed by atoms with van der Waals surface area (Å²) < 4.78 is 10.1. The average Bonchev–Trinajstić information content (AvgIpc) is 2.37. The highest BCUT2D eigenvalue weighted by Crippen LogP contribution is 2.31. The summed E-state index contributed by atoms with van der Waals surface area (Å²) in [6.45, 7) is 1.15. The minimum atomic E-state index is -2.08. The summed E-state index contributed by atoms with van der Waals surface area (Å²) in [4.78, 5) is 10.6. The van der Waals surface area contributed by atoms with Crippen LogP contribution in [0.1, 0.15) is 17.3 Å². The van der Waals surface area contributed by atoms with Gasteiger partial charge in [0.2, 0.25) is 11.9 Å². The summed E-state index contributed by atoms with van der Waals surface area (Å²) in [6, 6.07) is 5.74. The fourth-order valence-corrected chi connectivity index (χ4v) is 1.24. The lowest BCUT2D eigenvalue weighted by Gasteiger charge is -2.26. The van der Waals surface area contributed by atoms with Gasteiger partial charge in [-0.1, -0.05) is 0 Å². The molecule has 0 aliphatic carbocycles. The first-order chi connectivity index (χ1) is 8.44. The van der Waals surface area contributed by atoms with E-state index in [-0.39, 0.29) is 11.5 Å². The molecule has 0 saturated heterocycles. The van der Waals surface area contributed by atoms with Crippen LogP contribution in [0.5, 0.6) is 11.5 Å². The Hall–Kier alpha value is -2.10. The second-order valence-electron chi connectivity index (χ2n) is 3.72. The van der Waals surface area contributed by atoms with E-state index in [0.29, 0.717) is 11.8 Å². The molecule has 0 fully saturated rings. The van der Waals surface area contributed by atoms with Crippen molar-refractivity contribution in [1.29, 1.82) is 5.26 Å². The van der Waals surface area contributed by atoms with E-state index in [0.717, 1.165) is 6.92 Å². The van der Waals surface area contributed by atoms with Crippen molar-refractivity contribution in [3.05, 3.63) is 23.8 Å². The van der Waals surface area contributed by atoms with Gasteiger partial charge in [-0.3, -0.25) is 4.79 Å². The van der Waals surface area contributed by atoms with Crippen LogP contribution in [0, 0.1) is 11.3 Å². The molecular weight excluding hydrogens is 238 g/mol. The minimum absolute atomic E-state index is 0.113. The molecule has 2 unspecified atom stereocenters. The van der Waals surface area contributed by atoms with E-state index in [1.165, 1.54) is 31.4 Å². The van der Waals surface area contributed by atoms with Gasteiger partial charge in [-0.2, -0.15) is 5.26 Å². The summed E-state index contributed by atoms with van der Waals surface area (Å²) in [5, 5.41) is 27.6. The molecule has 0 radical (unpaired) electrons. The largest absolute Gasteiger partial charge is 0.493 e. The molecule has 0 bridgehead atoms. The van der Waals surface area contributed by atoms with Gasteiger partial charge >= 0.3 is 0 Å². The first kappa shape index (κ1) is 14.0. The molecule has 2 N–H and O–H groups in total. The molecule has 0 amide bonds. The maximum atomic E-state index is 10.6. The zero-order valence-electron chi connectivity index (χ0n) is 9.95. The summed E-state index contributed by atoms with van der Waals surface area (Å²) in [6.07, 6.45) is -1.08. The predicted molar refractivity (Wildman–Crippen MR) is 61.3 cm³/mol. The zero-order valence-corrected chi connectivity index (χ0v) is 9.95. The quantitative estimate of drug-likeness (QED) is 0.448. The fraction of sp³-hybridized carbons (Fsp3) is 0.333. The average molecular weight is 251 g/mol. The Morgan fingerprint density at radius 1 is 1.50 bits per heavy atom. The third-order valence-electron chi connectivity index (χ3n) is 2.27. The lowest BCUT2D eigenvalue weighted by Crippen LogP contribution is -2.44. The Morgan fingerprint density at radius 2 is 2.17 bits per heavy atom. The number of aldehydes is 1. The van der Waals surface area contributed by atoms with E-state index in [4.69, 9.17) is 14.7 Å². The van der Waals surface area contributed by atoms with E-state index in [1.807, 2.05) is 0 Å². The number of methoxy groups -OCH3 is 1. The lowest BCUT2D eigenvalue weighted by atomic mass is 10.2. The molecule has 6 nitrogen and oxygen atoms in total. The van der Waals surface area contributed by atoms with Crippen LogP contribution in [0.3, 0.4) is 0 Å². The normalized spacial score (nSPS) is 15.1. The molecular formula is C12H13NO5. The van der Waals surface area contributed by atoms with Gasteiger partial charge < -0.3 is 19.7 Å². The van der Waals surface area contributed by atoms with Crippen LogP contribution >= 0.6 is 0 Å². The molecule has 6 heteroatoms. The summed E-state index contributed by atoms with van der Waals surface area (Å²) in [5.41, 5.74) is 0.375. The van der Waals surface area contributed by atoms with E-state index in [9.17, 15) is 15.0 Å².